The monoisotopic (exact) mass is 416 g/mol. The third-order valence-electron chi connectivity index (χ3n) is 5.27. The predicted molar refractivity (Wildman–Crippen MR) is 112 cm³/mol. The summed E-state index contributed by atoms with van der Waals surface area (Å²) >= 11 is 6.37. The van der Waals surface area contributed by atoms with Crippen molar-refractivity contribution in [2.75, 3.05) is 37.0 Å². The molecule has 1 atom stereocenters. The number of hydrogen-bond donors (Lipinski definition) is 2. The van der Waals surface area contributed by atoms with E-state index in [1.165, 1.54) is 6.20 Å². The molecule has 2 aliphatic rings. The van der Waals surface area contributed by atoms with Gasteiger partial charge in [-0.3, -0.25) is 4.79 Å². The van der Waals surface area contributed by atoms with Crippen molar-refractivity contribution in [3.05, 3.63) is 35.5 Å². The number of ether oxygens (including phenoxy) is 2. The highest BCUT2D eigenvalue weighted by molar-refractivity contribution is 6.33. The third-order valence-corrected chi connectivity index (χ3v) is 5.57. The molecule has 2 aromatic heterocycles. The summed E-state index contributed by atoms with van der Waals surface area (Å²) in [6.45, 7) is 3.14. The molecule has 0 bridgehead atoms. The Hall–Kier alpha value is -2.22. The Morgan fingerprint density at radius 2 is 2.03 bits per heavy atom. The molecule has 2 fully saturated rings. The van der Waals surface area contributed by atoms with Gasteiger partial charge in [0.1, 0.15) is 17.7 Å². The van der Waals surface area contributed by atoms with Gasteiger partial charge in [-0.1, -0.05) is 17.7 Å². The summed E-state index contributed by atoms with van der Waals surface area (Å²) in [6, 6.07) is 7.53. The van der Waals surface area contributed by atoms with Gasteiger partial charge in [0, 0.05) is 38.1 Å². The molecule has 0 unspecified atom stereocenters. The molecule has 0 radical (unpaired) electrons. The van der Waals surface area contributed by atoms with Crippen LogP contribution in [0.15, 0.2) is 30.5 Å². The van der Waals surface area contributed by atoms with E-state index in [9.17, 15) is 4.79 Å². The summed E-state index contributed by atoms with van der Waals surface area (Å²) in [5.41, 5.74) is 1.45. The van der Waals surface area contributed by atoms with E-state index in [0.717, 1.165) is 62.5 Å². The van der Waals surface area contributed by atoms with E-state index >= 15 is 0 Å². The lowest BCUT2D eigenvalue weighted by atomic mass is 10.0. The van der Waals surface area contributed by atoms with E-state index in [2.05, 4.69) is 15.6 Å². The van der Waals surface area contributed by atoms with Crippen LogP contribution >= 0.6 is 11.6 Å². The Labute approximate surface area is 175 Å². The van der Waals surface area contributed by atoms with Crippen LogP contribution in [0.1, 0.15) is 25.7 Å². The van der Waals surface area contributed by atoms with E-state index in [0.29, 0.717) is 23.4 Å². The van der Waals surface area contributed by atoms with Gasteiger partial charge >= 0.3 is 0 Å². The Kier molecular flexibility index (Phi) is 6.59. The van der Waals surface area contributed by atoms with Gasteiger partial charge in [0.25, 0.3) is 5.91 Å². The molecule has 2 aromatic rings. The zero-order valence-corrected chi connectivity index (χ0v) is 17.0. The number of rotatable bonds is 6. The first-order valence-electron chi connectivity index (χ1n) is 10.1. The smallest absolute Gasteiger partial charge is 0.254 e. The van der Waals surface area contributed by atoms with Gasteiger partial charge in [0.15, 0.2) is 0 Å². The minimum Gasteiger partial charge on any atom is -0.381 e. The minimum atomic E-state index is -0.410. The van der Waals surface area contributed by atoms with Gasteiger partial charge in [-0.25, -0.2) is 9.97 Å². The number of anilines is 2. The van der Waals surface area contributed by atoms with Crippen molar-refractivity contribution in [1.82, 2.24) is 9.97 Å². The van der Waals surface area contributed by atoms with Gasteiger partial charge in [0.05, 0.1) is 10.7 Å². The number of nitrogens with one attached hydrogen (secondary N) is 2. The average molecular weight is 417 g/mol. The number of halogens is 1. The van der Waals surface area contributed by atoms with Crippen LogP contribution in [0.5, 0.6) is 0 Å². The molecular weight excluding hydrogens is 392 g/mol. The topological polar surface area (TPSA) is 85.4 Å². The number of aromatic nitrogens is 2. The van der Waals surface area contributed by atoms with Crippen molar-refractivity contribution in [2.24, 2.45) is 5.92 Å². The third kappa shape index (κ3) is 5.23. The van der Waals surface area contributed by atoms with Crippen LogP contribution in [-0.2, 0) is 14.3 Å². The maximum Gasteiger partial charge on any atom is 0.254 e. The summed E-state index contributed by atoms with van der Waals surface area (Å²) in [4.78, 5) is 21.2. The van der Waals surface area contributed by atoms with Crippen molar-refractivity contribution in [1.29, 1.82) is 0 Å². The molecule has 0 aliphatic carbocycles. The average Bonchev–Trinajstić information content (AvgIpc) is 3.30. The first-order chi connectivity index (χ1) is 14.2. The van der Waals surface area contributed by atoms with E-state index in [-0.39, 0.29) is 5.91 Å². The van der Waals surface area contributed by atoms with Crippen molar-refractivity contribution in [3.63, 3.8) is 0 Å². The normalized spacial score (nSPS) is 19.8. The summed E-state index contributed by atoms with van der Waals surface area (Å²) in [5, 5.41) is 6.71. The van der Waals surface area contributed by atoms with Crippen LogP contribution in [0.2, 0.25) is 5.02 Å². The molecule has 0 spiro atoms. The molecule has 29 heavy (non-hydrogen) atoms. The van der Waals surface area contributed by atoms with Crippen molar-refractivity contribution >= 4 is 29.1 Å². The molecule has 2 aliphatic heterocycles. The molecule has 4 heterocycles. The summed E-state index contributed by atoms with van der Waals surface area (Å²) in [5.74, 6) is 1.65. The zero-order chi connectivity index (χ0) is 20.1. The SMILES string of the molecule is O=C(Nc1cc(-c2cccc(NCC3CCOCC3)n2)c(Cl)cn1)[C@@H]1CCCO1. The highest BCUT2D eigenvalue weighted by Gasteiger charge is 2.24. The van der Waals surface area contributed by atoms with E-state index in [4.69, 9.17) is 26.1 Å². The van der Waals surface area contributed by atoms with Crippen LogP contribution in [0.25, 0.3) is 11.3 Å². The zero-order valence-electron chi connectivity index (χ0n) is 16.2. The molecule has 2 saturated heterocycles. The number of amides is 1. The number of hydrogen-bond acceptors (Lipinski definition) is 6. The van der Waals surface area contributed by atoms with Crippen molar-refractivity contribution < 1.29 is 14.3 Å². The quantitative estimate of drug-likeness (QED) is 0.745. The molecule has 1 amide bonds. The van der Waals surface area contributed by atoms with Gasteiger partial charge in [-0.2, -0.15) is 0 Å². The number of nitrogens with zero attached hydrogens (tertiary/aromatic N) is 2. The first kappa shape index (κ1) is 20.1. The second kappa shape index (κ2) is 9.52. The molecule has 4 rings (SSSR count). The van der Waals surface area contributed by atoms with Crippen LogP contribution in [0.4, 0.5) is 11.6 Å². The summed E-state index contributed by atoms with van der Waals surface area (Å²) < 4.78 is 10.8. The molecule has 0 aromatic carbocycles. The Morgan fingerprint density at radius 3 is 2.83 bits per heavy atom. The molecule has 8 heteroatoms. The van der Waals surface area contributed by atoms with Gasteiger partial charge in [-0.15, -0.1) is 0 Å². The highest BCUT2D eigenvalue weighted by atomic mass is 35.5. The first-order valence-corrected chi connectivity index (χ1v) is 10.4. The van der Waals surface area contributed by atoms with Gasteiger partial charge in [0.2, 0.25) is 0 Å². The maximum absolute atomic E-state index is 12.3. The molecule has 0 saturated carbocycles. The molecular formula is C21H25ClN4O3. The Balaban J connectivity index is 1.46. The second-order valence-electron chi connectivity index (χ2n) is 7.39. The highest BCUT2D eigenvalue weighted by Crippen LogP contribution is 2.29. The lowest BCUT2D eigenvalue weighted by molar-refractivity contribution is -0.124. The molecule has 2 N–H and O–H groups in total. The molecule has 7 nitrogen and oxygen atoms in total. The summed E-state index contributed by atoms with van der Waals surface area (Å²) in [7, 11) is 0. The summed E-state index contributed by atoms with van der Waals surface area (Å²) in [6.07, 6.45) is 4.88. The standard InChI is InChI=1S/C21H25ClN4O3/c22-16-13-24-20(26-21(27)18-4-2-8-29-18)11-15(16)17-3-1-5-19(25-17)23-12-14-6-9-28-10-7-14/h1,3,5,11,13-14,18H,2,4,6-10,12H2,(H,23,25)(H,24,26,27)/t18-/m0/s1. The van der Waals surface area contributed by atoms with Crippen LogP contribution in [0.3, 0.4) is 0 Å². The maximum atomic E-state index is 12.3. The van der Waals surface area contributed by atoms with E-state index < -0.39 is 6.10 Å². The Morgan fingerprint density at radius 1 is 1.17 bits per heavy atom. The van der Waals surface area contributed by atoms with Gasteiger partial charge in [-0.05, 0) is 49.8 Å². The molecule has 154 valence electrons. The van der Waals surface area contributed by atoms with Crippen LogP contribution in [-0.4, -0.2) is 48.3 Å². The van der Waals surface area contributed by atoms with Crippen molar-refractivity contribution in [2.45, 2.75) is 31.8 Å². The van der Waals surface area contributed by atoms with E-state index in [1.54, 1.807) is 6.07 Å². The van der Waals surface area contributed by atoms with Gasteiger partial charge < -0.3 is 20.1 Å². The lowest BCUT2D eigenvalue weighted by Gasteiger charge is -2.22. The largest absolute Gasteiger partial charge is 0.381 e. The lowest BCUT2D eigenvalue weighted by Crippen LogP contribution is -2.27. The fourth-order valence-corrected chi connectivity index (χ4v) is 3.78. The predicted octanol–water partition coefficient (Wildman–Crippen LogP) is 3.75. The second-order valence-corrected chi connectivity index (χ2v) is 7.79. The Bertz CT molecular complexity index is 852. The number of carbonyl (C=O) groups is 1. The fourth-order valence-electron chi connectivity index (χ4n) is 3.58. The number of pyridine rings is 2. The minimum absolute atomic E-state index is 0.178. The van der Waals surface area contributed by atoms with E-state index in [1.807, 2.05) is 18.2 Å². The van der Waals surface area contributed by atoms with Crippen LogP contribution < -0.4 is 10.6 Å². The fraction of sp³-hybridized carbons (Fsp3) is 0.476. The number of carbonyl (C=O) groups excluding carboxylic acids is 1. The van der Waals surface area contributed by atoms with Crippen molar-refractivity contribution in [3.8, 4) is 11.3 Å². The van der Waals surface area contributed by atoms with Crippen LogP contribution in [0, 0.1) is 5.92 Å².